The summed E-state index contributed by atoms with van der Waals surface area (Å²) in [6.45, 7) is 4.63. The summed E-state index contributed by atoms with van der Waals surface area (Å²) in [5, 5.41) is 8.32. The number of aromatic nitrogens is 3. The lowest BCUT2D eigenvalue weighted by Gasteiger charge is -2.31. The standard InChI is InChI=1S/C20H19BrClN5O2/c1-20(2)7-9-26(19(28)29-20)10-8-23-17-11-16(13-5-3-4-6-15(13)22)25-18-14(21)12-24-27(17)18/h3-7,9,11-12,23H,8,10H2,1-2H3. The van der Waals surface area contributed by atoms with Crippen molar-refractivity contribution in [2.45, 2.75) is 19.4 Å². The van der Waals surface area contributed by atoms with Crippen LogP contribution < -0.4 is 5.32 Å². The Bertz CT molecular complexity index is 1110. The number of amides is 1. The van der Waals surface area contributed by atoms with Gasteiger partial charge < -0.3 is 10.1 Å². The largest absolute Gasteiger partial charge is 0.439 e. The van der Waals surface area contributed by atoms with E-state index in [-0.39, 0.29) is 6.09 Å². The third-order valence-corrected chi connectivity index (χ3v) is 5.37. The second-order valence-corrected chi connectivity index (χ2v) is 8.40. The summed E-state index contributed by atoms with van der Waals surface area (Å²) in [7, 11) is 0. The maximum absolute atomic E-state index is 12.1. The first-order valence-electron chi connectivity index (χ1n) is 9.06. The number of hydrogen-bond donors (Lipinski definition) is 1. The predicted octanol–water partition coefficient (Wildman–Crippen LogP) is 4.97. The summed E-state index contributed by atoms with van der Waals surface area (Å²) < 4.78 is 7.86. The number of nitrogens with one attached hydrogen (secondary N) is 1. The second-order valence-electron chi connectivity index (χ2n) is 7.14. The number of halogens is 2. The number of carbonyl (C=O) groups is 1. The van der Waals surface area contributed by atoms with Crippen molar-refractivity contribution in [2.75, 3.05) is 18.4 Å². The monoisotopic (exact) mass is 475 g/mol. The van der Waals surface area contributed by atoms with Crippen molar-refractivity contribution >= 4 is 45.1 Å². The van der Waals surface area contributed by atoms with Gasteiger partial charge in [-0.15, -0.1) is 0 Å². The highest BCUT2D eigenvalue weighted by molar-refractivity contribution is 9.10. The van der Waals surface area contributed by atoms with Crippen LogP contribution in [0.5, 0.6) is 0 Å². The van der Waals surface area contributed by atoms with Crippen LogP contribution in [0.3, 0.4) is 0 Å². The van der Waals surface area contributed by atoms with Gasteiger partial charge in [-0.25, -0.2) is 9.78 Å². The third kappa shape index (κ3) is 4.09. The number of rotatable bonds is 5. The summed E-state index contributed by atoms with van der Waals surface area (Å²) in [5.41, 5.74) is 1.65. The molecule has 0 fully saturated rings. The van der Waals surface area contributed by atoms with Gasteiger partial charge in [0.05, 0.1) is 16.4 Å². The number of fused-ring (bicyclic) bond motifs is 1. The average Bonchev–Trinajstić information content (AvgIpc) is 3.04. The van der Waals surface area contributed by atoms with E-state index in [1.165, 1.54) is 4.90 Å². The summed E-state index contributed by atoms with van der Waals surface area (Å²) in [5.74, 6) is 0.741. The van der Waals surface area contributed by atoms with Gasteiger partial charge in [-0.2, -0.15) is 9.61 Å². The molecule has 0 atom stereocenters. The van der Waals surface area contributed by atoms with Crippen LogP contribution in [0.4, 0.5) is 10.6 Å². The topological polar surface area (TPSA) is 71.8 Å². The Morgan fingerprint density at radius 1 is 1.31 bits per heavy atom. The highest BCUT2D eigenvalue weighted by Gasteiger charge is 2.27. The van der Waals surface area contributed by atoms with E-state index in [0.29, 0.717) is 23.8 Å². The predicted molar refractivity (Wildman–Crippen MR) is 116 cm³/mol. The molecule has 0 unspecified atom stereocenters. The van der Waals surface area contributed by atoms with Crippen molar-refractivity contribution in [1.82, 2.24) is 19.5 Å². The molecule has 4 rings (SSSR count). The summed E-state index contributed by atoms with van der Waals surface area (Å²) in [4.78, 5) is 18.3. The van der Waals surface area contributed by atoms with E-state index in [4.69, 9.17) is 16.3 Å². The zero-order valence-electron chi connectivity index (χ0n) is 15.9. The van der Waals surface area contributed by atoms with Gasteiger partial charge in [0.25, 0.3) is 0 Å². The van der Waals surface area contributed by atoms with E-state index < -0.39 is 5.60 Å². The first kappa shape index (κ1) is 19.7. The fourth-order valence-corrected chi connectivity index (χ4v) is 3.57. The molecule has 3 aromatic rings. The van der Waals surface area contributed by atoms with Gasteiger partial charge in [0.1, 0.15) is 11.4 Å². The Kier molecular flexibility index (Phi) is 5.23. The normalized spacial score (nSPS) is 15.6. The van der Waals surface area contributed by atoms with Crippen LogP contribution in [0.15, 0.2) is 53.3 Å². The van der Waals surface area contributed by atoms with E-state index in [2.05, 4.69) is 31.3 Å². The number of cyclic esters (lactones) is 1. The zero-order chi connectivity index (χ0) is 20.6. The van der Waals surface area contributed by atoms with Crippen molar-refractivity contribution in [1.29, 1.82) is 0 Å². The Hall–Kier alpha value is -2.58. The smallest absolute Gasteiger partial charge is 0.414 e. The van der Waals surface area contributed by atoms with Crippen LogP contribution in [0.2, 0.25) is 5.02 Å². The fourth-order valence-electron chi connectivity index (χ4n) is 2.99. The van der Waals surface area contributed by atoms with Crippen molar-refractivity contribution in [3.8, 4) is 11.3 Å². The molecule has 0 radical (unpaired) electrons. The Balaban J connectivity index is 1.59. The highest BCUT2D eigenvalue weighted by atomic mass is 79.9. The molecule has 0 bridgehead atoms. The summed E-state index contributed by atoms with van der Waals surface area (Å²) >= 11 is 9.85. The molecule has 1 aliphatic heterocycles. The number of ether oxygens (including phenoxy) is 1. The highest BCUT2D eigenvalue weighted by Crippen LogP contribution is 2.30. The molecule has 1 amide bonds. The molecule has 1 aromatic carbocycles. The van der Waals surface area contributed by atoms with Gasteiger partial charge in [0, 0.05) is 35.9 Å². The Morgan fingerprint density at radius 2 is 2.10 bits per heavy atom. The average molecular weight is 477 g/mol. The van der Waals surface area contributed by atoms with Crippen LogP contribution in [0.1, 0.15) is 13.8 Å². The minimum Gasteiger partial charge on any atom is -0.439 e. The molecule has 9 heteroatoms. The summed E-state index contributed by atoms with van der Waals surface area (Å²) in [6.07, 6.45) is 4.95. The molecule has 0 saturated carbocycles. The molecule has 2 aromatic heterocycles. The molecule has 0 aliphatic carbocycles. The zero-order valence-corrected chi connectivity index (χ0v) is 18.2. The molecule has 1 N–H and O–H groups in total. The van der Waals surface area contributed by atoms with Crippen molar-refractivity contribution in [3.05, 3.63) is 58.3 Å². The van der Waals surface area contributed by atoms with Crippen LogP contribution in [0, 0.1) is 0 Å². The lowest BCUT2D eigenvalue weighted by Crippen LogP contribution is -2.40. The lowest BCUT2D eigenvalue weighted by molar-refractivity contribution is 0.0398. The van der Waals surface area contributed by atoms with E-state index in [0.717, 1.165) is 21.5 Å². The Morgan fingerprint density at radius 3 is 2.86 bits per heavy atom. The van der Waals surface area contributed by atoms with E-state index in [1.54, 1.807) is 16.9 Å². The van der Waals surface area contributed by atoms with Crippen LogP contribution >= 0.6 is 27.5 Å². The molecule has 150 valence electrons. The lowest BCUT2D eigenvalue weighted by atomic mass is 10.1. The number of benzene rings is 1. The van der Waals surface area contributed by atoms with Crippen molar-refractivity contribution in [2.24, 2.45) is 0 Å². The van der Waals surface area contributed by atoms with Crippen molar-refractivity contribution in [3.63, 3.8) is 0 Å². The number of carbonyl (C=O) groups excluding carboxylic acids is 1. The SMILES string of the molecule is CC1(C)C=CN(CCNc2cc(-c3ccccc3Cl)nc3c(Br)cnn23)C(=O)O1. The molecule has 3 heterocycles. The quantitative estimate of drug-likeness (QED) is 0.563. The van der Waals surface area contributed by atoms with E-state index in [1.807, 2.05) is 50.3 Å². The number of nitrogens with zero attached hydrogens (tertiary/aromatic N) is 4. The van der Waals surface area contributed by atoms with Crippen LogP contribution in [-0.2, 0) is 4.74 Å². The van der Waals surface area contributed by atoms with Gasteiger partial charge in [-0.3, -0.25) is 4.90 Å². The second kappa shape index (κ2) is 7.68. The molecular weight excluding hydrogens is 458 g/mol. The first-order valence-corrected chi connectivity index (χ1v) is 10.2. The van der Waals surface area contributed by atoms with E-state index >= 15 is 0 Å². The van der Waals surface area contributed by atoms with Gasteiger partial charge in [-0.05, 0) is 41.9 Å². The van der Waals surface area contributed by atoms with Gasteiger partial charge >= 0.3 is 6.09 Å². The van der Waals surface area contributed by atoms with Crippen LogP contribution in [0.25, 0.3) is 16.9 Å². The van der Waals surface area contributed by atoms with Gasteiger partial charge in [0.2, 0.25) is 0 Å². The number of anilines is 1. The van der Waals surface area contributed by atoms with Crippen molar-refractivity contribution < 1.29 is 9.53 Å². The Labute approximate surface area is 181 Å². The minimum atomic E-state index is -0.580. The number of hydrogen-bond acceptors (Lipinski definition) is 5. The first-order chi connectivity index (χ1) is 13.8. The molecule has 1 aliphatic rings. The third-order valence-electron chi connectivity index (χ3n) is 4.48. The molecular formula is C20H19BrClN5O2. The molecule has 0 saturated heterocycles. The molecule has 29 heavy (non-hydrogen) atoms. The van der Waals surface area contributed by atoms with Gasteiger partial charge in [-0.1, -0.05) is 29.8 Å². The minimum absolute atomic E-state index is 0.363. The fraction of sp³-hybridized carbons (Fsp3) is 0.250. The maximum atomic E-state index is 12.1. The molecule has 0 spiro atoms. The summed E-state index contributed by atoms with van der Waals surface area (Å²) in [6, 6.07) is 9.44. The van der Waals surface area contributed by atoms with Gasteiger partial charge in [0.15, 0.2) is 5.65 Å². The molecule has 7 nitrogen and oxygen atoms in total. The van der Waals surface area contributed by atoms with E-state index in [9.17, 15) is 4.79 Å². The van der Waals surface area contributed by atoms with Crippen LogP contribution in [-0.4, -0.2) is 44.3 Å². The maximum Gasteiger partial charge on any atom is 0.414 e.